The first kappa shape index (κ1) is 68.2. The highest BCUT2D eigenvalue weighted by atomic mass is 16.7. The van der Waals surface area contributed by atoms with Gasteiger partial charge in [0.15, 0.2) is 6.29 Å². The van der Waals surface area contributed by atoms with Crippen LogP contribution in [0, 0.1) is 0 Å². The van der Waals surface area contributed by atoms with Crippen LogP contribution in [0.2, 0.25) is 0 Å². The molecule has 7 atom stereocenters. The molecule has 0 aliphatic carbocycles. The molecule has 1 heterocycles. The zero-order valence-corrected chi connectivity index (χ0v) is 46.9. The maximum absolute atomic E-state index is 13.0. The maximum atomic E-state index is 13.0. The third-order valence-electron chi connectivity index (χ3n) is 14.6. The number of hydrogen-bond acceptors (Lipinski definition) is 8. The van der Waals surface area contributed by atoms with Crippen molar-refractivity contribution < 1.29 is 39.8 Å². The minimum Gasteiger partial charge on any atom is -0.394 e. The van der Waals surface area contributed by atoms with E-state index in [2.05, 4.69) is 55.6 Å². The monoisotopic (exact) mass is 1020 g/mol. The van der Waals surface area contributed by atoms with Gasteiger partial charge in [0.2, 0.25) is 5.91 Å². The van der Waals surface area contributed by atoms with Gasteiger partial charge in [0.1, 0.15) is 24.4 Å². The summed E-state index contributed by atoms with van der Waals surface area (Å²) in [5, 5.41) is 54.4. The second kappa shape index (κ2) is 52.6. The quantitative estimate of drug-likeness (QED) is 0.0261. The number of nitrogens with one attached hydrogen (secondary N) is 1. The molecule has 9 nitrogen and oxygen atoms in total. The molecule has 1 aliphatic heterocycles. The number of ether oxygens (including phenoxy) is 2. The van der Waals surface area contributed by atoms with Gasteiger partial charge in [0.05, 0.1) is 25.4 Å². The predicted molar refractivity (Wildman–Crippen MR) is 304 cm³/mol. The van der Waals surface area contributed by atoms with Crippen molar-refractivity contribution in [1.29, 1.82) is 0 Å². The van der Waals surface area contributed by atoms with Crippen LogP contribution in [-0.2, 0) is 14.3 Å². The summed E-state index contributed by atoms with van der Waals surface area (Å²) >= 11 is 0. The van der Waals surface area contributed by atoms with E-state index in [1.165, 1.54) is 218 Å². The molecule has 1 aliphatic rings. The number of aliphatic hydroxyl groups excluding tert-OH is 5. The van der Waals surface area contributed by atoms with E-state index in [0.29, 0.717) is 6.42 Å². The van der Waals surface area contributed by atoms with Crippen LogP contribution in [0.25, 0.3) is 0 Å². The fourth-order valence-corrected chi connectivity index (χ4v) is 9.72. The summed E-state index contributed by atoms with van der Waals surface area (Å²) in [6.07, 6.45) is 63.6. The average Bonchev–Trinajstić information content (AvgIpc) is 3.38. The van der Waals surface area contributed by atoms with E-state index < -0.39 is 49.5 Å². The van der Waals surface area contributed by atoms with E-state index in [-0.39, 0.29) is 12.5 Å². The molecule has 0 bridgehead atoms. The Morgan fingerprint density at radius 3 is 1.18 bits per heavy atom. The second-order valence-corrected chi connectivity index (χ2v) is 21.5. The fourth-order valence-electron chi connectivity index (χ4n) is 9.72. The second-order valence-electron chi connectivity index (χ2n) is 21.5. The Morgan fingerprint density at radius 2 is 0.792 bits per heavy atom. The van der Waals surface area contributed by atoms with Crippen LogP contribution < -0.4 is 5.32 Å². The summed E-state index contributed by atoms with van der Waals surface area (Å²) < 4.78 is 11.2. The lowest BCUT2D eigenvalue weighted by molar-refractivity contribution is -0.302. The zero-order chi connectivity index (χ0) is 52.2. The lowest BCUT2D eigenvalue weighted by atomic mass is 9.99. The maximum Gasteiger partial charge on any atom is 0.220 e. The number of amides is 1. The number of hydrogen-bond donors (Lipinski definition) is 6. The highest BCUT2D eigenvalue weighted by Crippen LogP contribution is 2.23. The number of carbonyl (C=O) groups is 1. The standard InChI is InChI=1S/C63H117NO8/c1-3-5-7-9-11-13-15-17-19-20-21-22-23-24-25-26-27-28-29-30-31-32-33-34-35-36-37-38-39-41-43-45-47-49-51-53-59(67)64-56(55-71-63-62(70)61(69)60(68)58(54-65)72-63)57(66)52-50-48-46-44-42-40-18-16-14-12-10-8-6-4-2/h14,16,26-27,42,44,50,52,56-58,60-63,65-66,68-70H,3-13,15,17-25,28-41,43,45-49,51,53-55H2,1-2H3,(H,64,67)/b16-14+,27-26-,44-42+,52-50+. The lowest BCUT2D eigenvalue weighted by Crippen LogP contribution is -2.60. The molecule has 1 fully saturated rings. The SMILES string of the molecule is CCCCCC/C=C/CC/C=C/CC/C=C/C(O)C(COC1OC(CO)C(O)C(O)C1O)NC(=O)CCCCCCCCCCCCCCCCCCC/C=C\CCCCCCCCCCCCCCCC. The van der Waals surface area contributed by atoms with Gasteiger partial charge in [-0.15, -0.1) is 0 Å². The van der Waals surface area contributed by atoms with E-state index in [1.54, 1.807) is 6.08 Å². The summed E-state index contributed by atoms with van der Waals surface area (Å²) in [6.45, 7) is 3.75. The molecule has 1 rings (SSSR count). The van der Waals surface area contributed by atoms with E-state index in [1.807, 2.05) is 6.08 Å². The summed E-state index contributed by atoms with van der Waals surface area (Å²) in [7, 11) is 0. The first-order valence-corrected chi connectivity index (χ1v) is 30.9. The van der Waals surface area contributed by atoms with Crippen LogP contribution in [0.5, 0.6) is 0 Å². The van der Waals surface area contributed by atoms with Crippen molar-refractivity contribution in [3.63, 3.8) is 0 Å². The van der Waals surface area contributed by atoms with Crippen molar-refractivity contribution in [1.82, 2.24) is 5.32 Å². The molecule has 0 aromatic heterocycles. The summed E-state index contributed by atoms with van der Waals surface area (Å²) in [4.78, 5) is 13.0. The molecule has 6 N–H and O–H groups in total. The number of rotatable bonds is 53. The number of unbranched alkanes of at least 4 members (excludes halogenated alkanes) is 37. The summed E-state index contributed by atoms with van der Waals surface area (Å²) in [5.74, 6) is -0.188. The van der Waals surface area contributed by atoms with Crippen molar-refractivity contribution in [2.24, 2.45) is 0 Å². The molecule has 1 amide bonds. The average molecular weight is 1020 g/mol. The number of allylic oxidation sites excluding steroid dienone is 7. The van der Waals surface area contributed by atoms with Crippen LogP contribution in [0.1, 0.15) is 290 Å². The molecule has 72 heavy (non-hydrogen) atoms. The van der Waals surface area contributed by atoms with E-state index in [0.717, 1.165) is 51.4 Å². The Morgan fingerprint density at radius 1 is 0.458 bits per heavy atom. The summed E-state index contributed by atoms with van der Waals surface area (Å²) in [6, 6.07) is -0.827. The van der Waals surface area contributed by atoms with Gasteiger partial charge in [-0.1, -0.05) is 262 Å². The van der Waals surface area contributed by atoms with Crippen LogP contribution in [0.3, 0.4) is 0 Å². The molecular formula is C63H117NO8. The minimum absolute atomic E-state index is 0.188. The van der Waals surface area contributed by atoms with Crippen molar-refractivity contribution in [2.45, 2.75) is 333 Å². The van der Waals surface area contributed by atoms with Gasteiger partial charge in [0, 0.05) is 6.42 Å². The Labute approximate surface area is 444 Å². The number of aliphatic hydroxyl groups is 5. The molecule has 7 unspecified atom stereocenters. The zero-order valence-electron chi connectivity index (χ0n) is 46.9. The van der Waals surface area contributed by atoms with E-state index in [9.17, 15) is 30.3 Å². The largest absolute Gasteiger partial charge is 0.394 e. The molecule has 0 spiro atoms. The smallest absolute Gasteiger partial charge is 0.220 e. The Bertz CT molecular complexity index is 1270. The molecule has 9 heteroatoms. The highest BCUT2D eigenvalue weighted by molar-refractivity contribution is 5.76. The molecule has 0 radical (unpaired) electrons. The van der Waals surface area contributed by atoms with Gasteiger partial charge in [-0.05, 0) is 70.6 Å². The van der Waals surface area contributed by atoms with Crippen LogP contribution in [0.4, 0.5) is 0 Å². The molecule has 1 saturated heterocycles. The highest BCUT2D eigenvalue weighted by Gasteiger charge is 2.44. The number of carbonyl (C=O) groups excluding carboxylic acids is 1. The van der Waals surface area contributed by atoms with Gasteiger partial charge < -0.3 is 40.3 Å². The van der Waals surface area contributed by atoms with Crippen molar-refractivity contribution >= 4 is 5.91 Å². The first-order valence-electron chi connectivity index (χ1n) is 30.9. The molecule has 0 saturated carbocycles. The Hall–Kier alpha value is -1.85. The van der Waals surface area contributed by atoms with Gasteiger partial charge in [-0.25, -0.2) is 0 Å². The third kappa shape index (κ3) is 41.4. The van der Waals surface area contributed by atoms with Crippen molar-refractivity contribution in [3.8, 4) is 0 Å². The third-order valence-corrected chi connectivity index (χ3v) is 14.6. The van der Waals surface area contributed by atoms with Crippen LogP contribution >= 0.6 is 0 Å². The molecule has 0 aromatic carbocycles. The van der Waals surface area contributed by atoms with Crippen LogP contribution in [-0.4, -0.2) is 87.5 Å². The Balaban J connectivity index is 2.10. The Kier molecular flexibility index (Phi) is 49.8. The van der Waals surface area contributed by atoms with E-state index >= 15 is 0 Å². The lowest BCUT2D eigenvalue weighted by Gasteiger charge is -2.40. The topological polar surface area (TPSA) is 149 Å². The molecule has 422 valence electrons. The van der Waals surface area contributed by atoms with Crippen molar-refractivity contribution in [3.05, 3.63) is 48.6 Å². The minimum atomic E-state index is -1.57. The normalized spacial score (nSPS) is 19.5. The summed E-state index contributed by atoms with van der Waals surface area (Å²) in [5.41, 5.74) is 0. The first-order chi connectivity index (χ1) is 35.3. The predicted octanol–water partition coefficient (Wildman–Crippen LogP) is 15.7. The molecule has 0 aromatic rings. The van der Waals surface area contributed by atoms with Gasteiger partial charge in [0.25, 0.3) is 0 Å². The fraction of sp³-hybridized carbons (Fsp3) is 0.857. The molecular weight excluding hydrogens is 899 g/mol. The van der Waals surface area contributed by atoms with Gasteiger partial charge >= 0.3 is 0 Å². The van der Waals surface area contributed by atoms with Crippen molar-refractivity contribution in [2.75, 3.05) is 13.2 Å². The van der Waals surface area contributed by atoms with E-state index in [4.69, 9.17) is 9.47 Å². The van der Waals surface area contributed by atoms with Gasteiger partial charge in [-0.3, -0.25) is 4.79 Å². The van der Waals surface area contributed by atoms with Crippen LogP contribution in [0.15, 0.2) is 48.6 Å². The van der Waals surface area contributed by atoms with Gasteiger partial charge in [-0.2, -0.15) is 0 Å².